The van der Waals surface area contributed by atoms with Crippen molar-refractivity contribution in [2.24, 2.45) is 0 Å². The summed E-state index contributed by atoms with van der Waals surface area (Å²) in [5.41, 5.74) is 3.30. The van der Waals surface area contributed by atoms with Gasteiger partial charge in [-0.15, -0.1) is 0 Å². The van der Waals surface area contributed by atoms with Crippen LogP contribution in [0.3, 0.4) is 0 Å². The smallest absolute Gasteiger partial charge is 0.303 e. The number of aliphatic carboxylic acids is 1. The van der Waals surface area contributed by atoms with E-state index in [0.29, 0.717) is 6.42 Å². The van der Waals surface area contributed by atoms with Crippen LogP contribution < -0.4 is 4.74 Å². The maximum Gasteiger partial charge on any atom is 0.303 e. The first-order chi connectivity index (χ1) is 13.0. The summed E-state index contributed by atoms with van der Waals surface area (Å²) in [6.07, 6.45) is 8.52. The number of ether oxygens (including phenoxy) is 1. The molecule has 144 valence electrons. The number of carboxylic acids is 1. The molecule has 1 N–H and O–H groups in total. The van der Waals surface area contributed by atoms with E-state index in [1.165, 1.54) is 18.4 Å². The Bertz CT molecular complexity index is 761. The van der Waals surface area contributed by atoms with E-state index in [4.69, 9.17) is 9.84 Å². The van der Waals surface area contributed by atoms with Gasteiger partial charge in [0, 0.05) is 18.2 Å². The van der Waals surface area contributed by atoms with Crippen LogP contribution in [-0.2, 0) is 10.2 Å². The molecule has 1 heterocycles. The summed E-state index contributed by atoms with van der Waals surface area (Å²) >= 11 is 0. The first-order valence-corrected chi connectivity index (χ1v) is 9.90. The minimum absolute atomic E-state index is 0.0495. The molecule has 0 amide bonds. The molecular weight excluding hydrogens is 338 g/mol. The standard InChI is InChI=1S/C23H29NO3/c1-23(2,15-5-10-21(25)26)18-13-11-17(12-14-18)20-9-6-16-24-22(20)27-19-7-3-4-8-19/h6,9,11-14,16,19H,3-5,7-8,10,15H2,1-2H3,(H,25,26). The number of nitrogens with zero attached hydrogens (tertiary/aromatic N) is 1. The quantitative estimate of drug-likeness (QED) is 0.659. The second-order valence-electron chi connectivity index (χ2n) is 8.09. The molecular formula is C23H29NO3. The van der Waals surface area contributed by atoms with Crippen molar-refractivity contribution in [1.82, 2.24) is 4.98 Å². The van der Waals surface area contributed by atoms with Crippen LogP contribution >= 0.6 is 0 Å². The Morgan fingerprint density at radius 1 is 1.19 bits per heavy atom. The molecule has 1 saturated carbocycles. The highest BCUT2D eigenvalue weighted by Crippen LogP contribution is 2.34. The molecule has 1 fully saturated rings. The lowest BCUT2D eigenvalue weighted by atomic mass is 9.80. The highest BCUT2D eigenvalue weighted by molar-refractivity contribution is 5.69. The average molecular weight is 367 g/mol. The molecule has 27 heavy (non-hydrogen) atoms. The van der Waals surface area contributed by atoms with E-state index in [9.17, 15) is 4.79 Å². The third-order valence-corrected chi connectivity index (χ3v) is 5.52. The molecule has 1 aliphatic carbocycles. The van der Waals surface area contributed by atoms with Crippen LogP contribution in [0.4, 0.5) is 0 Å². The van der Waals surface area contributed by atoms with Crippen molar-refractivity contribution in [1.29, 1.82) is 0 Å². The molecule has 0 aliphatic heterocycles. The zero-order chi connectivity index (χ0) is 19.3. The molecule has 4 nitrogen and oxygen atoms in total. The molecule has 1 aliphatic rings. The fourth-order valence-electron chi connectivity index (χ4n) is 3.80. The third kappa shape index (κ3) is 5.09. The Labute approximate surface area is 161 Å². The van der Waals surface area contributed by atoms with E-state index in [0.717, 1.165) is 36.3 Å². The summed E-state index contributed by atoms with van der Waals surface area (Å²) in [6, 6.07) is 12.5. The van der Waals surface area contributed by atoms with Gasteiger partial charge in [0.2, 0.25) is 5.88 Å². The van der Waals surface area contributed by atoms with Crippen molar-refractivity contribution in [3.05, 3.63) is 48.2 Å². The van der Waals surface area contributed by atoms with Crippen LogP contribution in [0.2, 0.25) is 0 Å². The highest BCUT2D eigenvalue weighted by atomic mass is 16.5. The lowest BCUT2D eigenvalue weighted by Crippen LogP contribution is -2.17. The Balaban J connectivity index is 1.74. The van der Waals surface area contributed by atoms with Gasteiger partial charge in [0.25, 0.3) is 0 Å². The summed E-state index contributed by atoms with van der Waals surface area (Å²) in [5.74, 6) is -0.00890. The molecule has 2 aromatic rings. The normalized spacial score (nSPS) is 15.0. The van der Waals surface area contributed by atoms with Gasteiger partial charge in [0.1, 0.15) is 6.10 Å². The lowest BCUT2D eigenvalue weighted by molar-refractivity contribution is -0.137. The van der Waals surface area contributed by atoms with Gasteiger partial charge < -0.3 is 9.84 Å². The molecule has 0 unspecified atom stereocenters. The predicted octanol–water partition coefficient (Wildman–Crippen LogP) is 5.60. The van der Waals surface area contributed by atoms with Gasteiger partial charge >= 0.3 is 5.97 Å². The molecule has 0 atom stereocenters. The lowest BCUT2D eigenvalue weighted by Gasteiger charge is -2.25. The van der Waals surface area contributed by atoms with Gasteiger partial charge in [-0.3, -0.25) is 4.79 Å². The molecule has 1 aromatic carbocycles. The second-order valence-corrected chi connectivity index (χ2v) is 8.09. The summed E-state index contributed by atoms with van der Waals surface area (Å²) in [6.45, 7) is 4.34. The predicted molar refractivity (Wildman–Crippen MR) is 107 cm³/mol. The van der Waals surface area contributed by atoms with E-state index in [1.54, 1.807) is 6.20 Å². The van der Waals surface area contributed by atoms with Gasteiger partial charge in [-0.25, -0.2) is 4.98 Å². The monoisotopic (exact) mass is 367 g/mol. The fourth-order valence-corrected chi connectivity index (χ4v) is 3.80. The Kier molecular flexibility index (Phi) is 6.15. The van der Waals surface area contributed by atoms with E-state index >= 15 is 0 Å². The van der Waals surface area contributed by atoms with Crippen LogP contribution in [0.15, 0.2) is 42.6 Å². The van der Waals surface area contributed by atoms with Crippen LogP contribution in [-0.4, -0.2) is 22.2 Å². The maximum absolute atomic E-state index is 10.8. The number of hydrogen-bond donors (Lipinski definition) is 1. The molecule has 0 spiro atoms. The van der Waals surface area contributed by atoms with Gasteiger partial charge in [-0.05, 0) is 67.2 Å². The first kappa shape index (κ1) is 19.4. The Morgan fingerprint density at radius 3 is 2.56 bits per heavy atom. The molecule has 3 rings (SSSR count). The van der Waals surface area contributed by atoms with Crippen molar-refractivity contribution in [3.8, 4) is 17.0 Å². The van der Waals surface area contributed by atoms with Gasteiger partial charge in [-0.2, -0.15) is 0 Å². The minimum atomic E-state index is -0.729. The number of carboxylic acid groups (broad SMARTS) is 1. The van der Waals surface area contributed by atoms with E-state index in [1.807, 2.05) is 6.07 Å². The van der Waals surface area contributed by atoms with Crippen molar-refractivity contribution in [3.63, 3.8) is 0 Å². The summed E-state index contributed by atoms with van der Waals surface area (Å²) < 4.78 is 6.17. The van der Waals surface area contributed by atoms with Crippen molar-refractivity contribution >= 4 is 5.97 Å². The fraction of sp³-hybridized carbons (Fsp3) is 0.478. The molecule has 0 radical (unpaired) electrons. The summed E-state index contributed by atoms with van der Waals surface area (Å²) in [4.78, 5) is 15.2. The number of benzene rings is 1. The van der Waals surface area contributed by atoms with Gasteiger partial charge in [-0.1, -0.05) is 38.1 Å². The van der Waals surface area contributed by atoms with Crippen LogP contribution in [0.1, 0.15) is 64.4 Å². The van der Waals surface area contributed by atoms with Gasteiger partial charge in [0.05, 0.1) is 0 Å². The molecule has 0 bridgehead atoms. The first-order valence-electron chi connectivity index (χ1n) is 9.90. The van der Waals surface area contributed by atoms with E-state index in [2.05, 4.69) is 49.2 Å². The number of aromatic nitrogens is 1. The molecule has 1 aromatic heterocycles. The number of carbonyl (C=O) groups is 1. The number of rotatable bonds is 8. The SMILES string of the molecule is CC(C)(CCCC(=O)O)c1ccc(-c2cccnc2OC2CCCC2)cc1. The zero-order valence-corrected chi connectivity index (χ0v) is 16.3. The Hall–Kier alpha value is -2.36. The van der Waals surface area contributed by atoms with Crippen molar-refractivity contribution < 1.29 is 14.6 Å². The van der Waals surface area contributed by atoms with Crippen LogP contribution in [0.5, 0.6) is 5.88 Å². The average Bonchev–Trinajstić information content (AvgIpc) is 3.15. The largest absolute Gasteiger partial charge is 0.481 e. The minimum Gasteiger partial charge on any atom is -0.481 e. The third-order valence-electron chi connectivity index (χ3n) is 5.52. The second kappa shape index (κ2) is 8.55. The highest BCUT2D eigenvalue weighted by Gasteiger charge is 2.22. The zero-order valence-electron chi connectivity index (χ0n) is 16.3. The summed E-state index contributed by atoms with van der Waals surface area (Å²) in [7, 11) is 0. The van der Waals surface area contributed by atoms with Crippen LogP contribution in [0, 0.1) is 0 Å². The van der Waals surface area contributed by atoms with E-state index in [-0.39, 0.29) is 17.9 Å². The van der Waals surface area contributed by atoms with Crippen LogP contribution in [0.25, 0.3) is 11.1 Å². The maximum atomic E-state index is 10.8. The van der Waals surface area contributed by atoms with Crippen molar-refractivity contribution in [2.45, 2.75) is 70.3 Å². The molecule has 0 saturated heterocycles. The van der Waals surface area contributed by atoms with Gasteiger partial charge in [0.15, 0.2) is 0 Å². The number of hydrogen-bond acceptors (Lipinski definition) is 3. The Morgan fingerprint density at radius 2 is 1.89 bits per heavy atom. The van der Waals surface area contributed by atoms with E-state index < -0.39 is 5.97 Å². The summed E-state index contributed by atoms with van der Waals surface area (Å²) in [5, 5.41) is 8.85. The topological polar surface area (TPSA) is 59.4 Å². The number of pyridine rings is 1. The van der Waals surface area contributed by atoms with Crippen molar-refractivity contribution in [2.75, 3.05) is 0 Å². The molecule has 4 heteroatoms.